The van der Waals surface area contributed by atoms with Crippen LogP contribution in [0.1, 0.15) is 46.0 Å². The quantitative estimate of drug-likeness (QED) is 0.359. The first-order valence-corrected chi connectivity index (χ1v) is 12.2. The highest BCUT2D eigenvalue weighted by molar-refractivity contribution is 8.03. The molecule has 2 atom stereocenters. The monoisotopic (exact) mass is 506 g/mol. The summed E-state index contributed by atoms with van der Waals surface area (Å²) in [5.41, 5.74) is 2.24. The van der Waals surface area contributed by atoms with Gasteiger partial charge in [-0.25, -0.2) is 9.79 Å². The first kappa shape index (κ1) is 26.7. The number of esters is 2. The van der Waals surface area contributed by atoms with Gasteiger partial charge in [-0.1, -0.05) is 23.9 Å². The van der Waals surface area contributed by atoms with Gasteiger partial charge in [-0.3, -0.25) is 9.59 Å². The minimum absolute atomic E-state index is 0.0572. The highest BCUT2D eigenvalue weighted by Crippen LogP contribution is 2.42. The molecule has 0 radical (unpaired) electrons. The maximum Gasteiger partial charge on any atom is 0.337 e. The number of thioether (sulfide) groups is 1. The summed E-state index contributed by atoms with van der Waals surface area (Å²) in [6, 6.07) is 15.5. The van der Waals surface area contributed by atoms with Crippen LogP contribution in [0, 0.1) is 17.2 Å². The average Bonchev–Trinajstić information content (AvgIpc) is 2.90. The number of Topliss-reactive ketones (excluding diaryl/α,β-unsaturated/α-hetero) is 1. The molecule has 0 fully saturated rings. The van der Waals surface area contributed by atoms with Crippen LogP contribution in [-0.2, 0) is 14.3 Å². The zero-order chi connectivity index (χ0) is 26.2. The minimum Gasteiger partial charge on any atom is -0.497 e. The molecule has 3 rings (SSSR count). The Labute approximate surface area is 214 Å². The van der Waals surface area contributed by atoms with E-state index < -0.39 is 23.8 Å². The number of allylic oxidation sites excluding steroid dienone is 1. The SMILES string of the molecule is CCOC(=O)C1C(C)=NC(SCC(=O)c2ccc(OC)cc2)=C(C#N)C1c1ccc(C(=O)OC)cc1. The number of hydrogen-bond donors (Lipinski definition) is 0. The lowest BCUT2D eigenvalue weighted by molar-refractivity contribution is -0.146. The first-order chi connectivity index (χ1) is 17.3. The predicted octanol–water partition coefficient (Wildman–Crippen LogP) is 4.57. The van der Waals surface area contributed by atoms with Gasteiger partial charge in [-0.05, 0) is 55.8 Å². The molecule has 1 heterocycles. The van der Waals surface area contributed by atoms with Gasteiger partial charge in [-0.2, -0.15) is 5.26 Å². The summed E-state index contributed by atoms with van der Waals surface area (Å²) in [6.45, 7) is 3.60. The van der Waals surface area contributed by atoms with Gasteiger partial charge in [0.2, 0.25) is 0 Å². The molecule has 0 aliphatic carbocycles. The maximum atomic E-state index is 12.9. The van der Waals surface area contributed by atoms with Gasteiger partial charge in [-0.15, -0.1) is 0 Å². The third-order valence-corrected chi connectivity index (χ3v) is 6.70. The molecular weight excluding hydrogens is 480 g/mol. The van der Waals surface area contributed by atoms with Crippen molar-refractivity contribution in [3.63, 3.8) is 0 Å². The minimum atomic E-state index is -0.815. The molecule has 0 spiro atoms. The topological polar surface area (TPSA) is 115 Å². The number of ketones is 1. The lowest BCUT2D eigenvalue weighted by Gasteiger charge is -2.30. The Kier molecular flexibility index (Phi) is 9.03. The van der Waals surface area contributed by atoms with Crippen molar-refractivity contribution < 1.29 is 28.6 Å². The fraction of sp³-hybridized carbons (Fsp3) is 0.296. The summed E-state index contributed by atoms with van der Waals surface area (Å²) in [5, 5.41) is 10.5. The van der Waals surface area contributed by atoms with Crippen LogP contribution in [0.5, 0.6) is 5.75 Å². The zero-order valence-corrected chi connectivity index (χ0v) is 21.3. The molecule has 2 unspecified atom stereocenters. The standard InChI is InChI=1S/C27H26N2O6S/c1-5-35-27(32)23-16(2)29-25(36-15-22(30)17-10-12-20(33-3)13-11-17)21(14-28)24(23)18-6-8-19(9-7-18)26(31)34-4/h6-13,23-24H,5,15H2,1-4H3. The second kappa shape index (κ2) is 12.2. The molecule has 0 N–H and O–H groups in total. The Morgan fingerprint density at radius 3 is 2.22 bits per heavy atom. The first-order valence-electron chi connectivity index (χ1n) is 11.2. The molecule has 1 aliphatic heterocycles. The number of ether oxygens (including phenoxy) is 3. The number of benzene rings is 2. The van der Waals surface area contributed by atoms with Crippen LogP contribution in [0.25, 0.3) is 0 Å². The summed E-state index contributed by atoms with van der Waals surface area (Å²) < 4.78 is 15.2. The van der Waals surface area contributed by atoms with E-state index in [1.54, 1.807) is 69.5 Å². The molecule has 0 amide bonds. The normalized spacial score (nSPS) is 17.0. The van der Waals surface area contributed by atoms with E-state index in [1.165, 1.54) is 7.11 Å². The summed E-state index contributed by atoms with van der Waals surface area (Å²) in [4.78, 5) is 42.1. The molecule has 186 valence electrons. The summed E-state index contributed by atoms with van der Waals surface area (Å²) in [5.74, 6) is -1.91. The van der Waals surface area contributed by atoms with E-state index in [2.05, 4.69) is 11.1 Å². The number of nitriles is 1. The maximum absolute atomic E-state index is 12.9. The molecule has 9 heteroatoms. The molecule has 0 bridgehead atoms. The molecule has 0 aromatic heterocycles. The van der Waals surface area contributed by atoms with Crippen LogP contribution in [0.3, 0.4) is 0 Å². The Morgan fingerprint density at radius 2 is 1.67 bits per heavy atom. The van der Waals surface area contributed by atoms with Gasteiger partial charge in [0.1, 0.15) is 16.7 Å². The second-order valence-electron chi connectivity index (χ2n) is 7.85. The van der Waals surface area contributed by atoms with Gasteiger partial charge < -0.3 is 14.2 Å². The van der Waals surface area contributed by atoms with Crippen molar-refractivity contribution in [3.8, 4) is 11.8 Å². The van der Waals surface area contributed by atoms with Crippen molar-refractivity contribution in [1.29, 1.82) is 5.26 Å². The van der Waals surface area contributed by atoms with E-state index in [0.717, 1.165) is 11.8 Å². The van der Waals surface area contributed by atoms with Crippen LogP contribution in [0.2, 0.25) is 0 Å². The highest BCUT2D eigenvalue weighted by Gasteiger charge is 2.40. The molecule has 2 aromatic rings. The fourth-order valence-corrected chi connectivity index (χ4v) is 4.87. The van der Waals surface area contributed by atoms with Gasteiger partial charge in [0.25, 0.3) is 0 Å². The Bertz CT molecular complexity index is 1240. The largest absolute Gasteiger partial charge is 0.497 e. The van der Waals surface area contributed by atoms with Crippen LogP contribution < -0.4 is 4.74 Å². The predicted molar refractivity (Wildman–Crippen MR) is 136 cm³/mol. The molecule has 1 aliphatic rings. The molecule has 36 heavy (non-hydrogen) atoms. The fourth-order valence-electron chi connectivity index (χ4n) is 3.89. The number of methoxy groups -OCH3 is 2. The van der Waals surface area contributed by atoms with Crippen LogP contribution in [0.15, 0.2) is 64.1 Å². The Balaban J connectivity index is 1.96. The Morgan fingerprint density at radius 1 is 1.03 bits per heavy atom. The van der Waals surface area contributed by atoms with Crippen molar-refractivity contribution in [2.24, 2.45) is 10.9 Å². The summed E-state index contributed by atoms with van der Waals surface area (Å²) in [6.07, 6.45) is 0. The third kappa shape index (κ3) is 5.83. The van der Waals surface area contributed by atoms with Gasteiger partial charge in [0.05, 0.1) is 43.8 Å². The molecule has 2 aromatic carbocycles. The van der Waals surface area contributed by atoms with Crippen LogP contribution in [-0.4, -0.2) is 50.0 Å². The van der Waals surface area contributed by atoms with Crippen molar-refractivity contribution in [1.82, 2.24) is 0 Å². The number of carbonyl (C=O) groups is 3. The smallest absolute Gasteiger partial charge is 0.337 e. The number of aliphatic imine (C=N–C) groups is 1. The zero-order valence-electron chi connectivity index (χ0n) is 20.4. The number of nitrogens with zero attached hydrogens (tertiary/aromatic N) is 2. The third-order valence-electron chi connectivity index (χ3n) is 5.71. The summed E-state index contributed by atoms with van der Waals surface area (Å²) >= 11 is 1.15. The lowest BCUT2D eigenvalue weighted by Crippen LogP contribution is -2.34. The van der Waals surface area contributed by atoms with Crippen LogP contribution in [0.4, 0.5) is 0 Å². The van der Waals surface area contributed by atoms with Crippen molar-refractivity contribution in [2.45, 2.75) is 19.8 Å². The van der Waals surface area contributed by atoms with Crippen molar-refractivity contribution >= 4 is 35.2 Å². The van der Waals surface area contributed by atoms with Crippen molar-refractivity contribution in [3.05, 3.63) is 75.8 Å². The molecule has 0 saturated heterocycles. The molecule has 0 saturated carbocycles. The molecular formula is C27H26N2O6S. The van der Waals surface area contributed by atoms with E-state index in [-0.39, 0.29) is 23.7 Å². The van der Waals surface area contributed by atoms with Gasteiger partial charge in [0, 0.05) is 17.2 Å². The van der Waals surface area contributed by atoms with Gasteiger partial charge in [0.15, 0.2) is 5.78 Å². The van der Waals surface area contributed by atoms with E-state index >= 15 is 0 Å². The number of carbonyl (C=O) groups excluding carboxylic acids is 3. The Hall–Kier alpha value is -3.90. The van der Waals surface area contributed by atoms with Crippen molar-refractivity contribution in [2.75, 3.05) is 26.6 Å². The van der Waals surface area contributed by atoms with Crippen LogP contribution >= 0.6 is 11.8 Å². The lowest BCUT2D eigenvalue weighted by atomic mass is 9.77. The van der Waals surface area contributed by atoms with E-state index in [4.69, 9.17) is 14.2 Å². The van der Waals surface area contributed by atoms with E-state index in [1.807, 2.05) is 0 Å². The number of rotatable bonds is 9. The summed E-state index contributed by atoms with van der Waals surface area (Å²) in [7, 11) is 2.84. The van der Waals surface area contributed by atoms with E-state index in [0.29, 0.717) is 33.2 Å². The average molecular weight is 507 g/mol. The number of hydrogen-bond acceptors (Lipinski definition) is 9. The van der Waals surface area contributed by atoms with E-state index in [9.17, 15) is 19.6 Å². The highest BCUT2D eigenvalue weighted by atomic mass is 32.2. The second-order valence-corrected chi connectivity index (χ2v) is 8.81. The van der Waals surface area contributed by atoms with Gasteiger partial charge >= 0.3 is 11.9 Å². The molecule has 8 nitrogen and oxygen atoms in total.